The van der Waals surface area contributed by atoms with E-state index < -0.39 is 0 Å². The van der Waals surface area contributed by atoms with E-state index >= 15 is 0 Å². The van der Waals surface area contributed by atoms with Gasteiger partial charge in [0.1, 0.15) is 0 Å². The monoisotopic (exact) mass is 286 g/mol. The lowest BCUT2D eigenvalue weighted by atomic mass is 10.0. The minimum Gasteiger partial charge on any atom is -0.288 e. The van der Waals surface area contributed by atoms with Crippen molar-refractivity contribution in [3.8, 4) is 11.3 Å². The smallest absolute Gasteiger partial charge is 0.213 e. The van der Waals surface area contributed by atoms with Crippen LogP contribution in [0.5, 0.6) is 0 Å². The van der Waals surface area contributed by atoms with Crippen molar-refractivity contribution in [2.45, 2.75) is 13.5 Å². The molecule has 22 heavy (non-hydrogen) atoms. The van der Waals surface area contributed by atoms with Crippen molar-refractivity contribution >= 4 is 5.78 Å². The van der Waals surface area contributed by atoms with E-state index in [4.69, 9.17) is 0 Å². The third-order valence-electron chi connectivity index (χ3n) is 4.20. The average molecular weight is 286 g/mol. The Morgan fingerprint density at radius 1 is 0.955 bits per heavy atom. The minimum absolute atomic E-state index is 0.0723. The summed E-state index contributed by atoms with van der Waals surface area (Å²) in [5, 5.41) is 0. The Balaban J connectivity index is 1.75. The van der Waals surface area contributed by atoms with Crippen LogP contribution in [0.15, 0.2) is 66.9 Å². The van der Waals surface area contributed by atoms with E-state index in [0.29, 0.717) is 0 Å². The molecule has 0 atom stereocenters. The summed E-state index contributed by atoms with van der Waals surface area (Å²) in [6, 6.07) is 19.9. The first-order valence-electron chi connectivity index (χ1n) is 7.45. The van der Waals surface area contributed by atoms with Gasteiger partial charge in [-0.25, -0.2) is 0 Å². The zero-order valence-electron chi connectivity index (χ0n) is 12.4. The van der Waals surface area contributed by atoms with Gasteiger partial charge in [-0.2, -0.15) is 4.57 Å². The predicted molar refractivity (Wildman–Crippen MR) is 85.8 cm³/mol. The molecule has 0 bridgehead atoms. The Bertz CT molecular complexity index is 881. The van der Waals surface area contributed by atoms with Gasteiger partial charge in [0.05, 0.1) is 11.1 Å². The topological polar surface area (TPSA) is 20.9 Å². The van der Waals surface area contributed by atoms with Gasteiger partial charge in [-0.05, 0) is 25.1 Å². The quantitative estimate of drug-likeness (QED) is 0.408. The number of aryl methyl sites for hydroxylation is 1. The summed E-state index contributed by atoms with van der Waals surface area (Å²) in [5.74, 6) is 0.0723. The Morgan fingerprint density at radius 2 is 1.77 bits per heavy atom. The zero-order chi connectivity index (χ0) is 15.1. The normalized spacial score (nSPS) is 11.9. The first kappa shape index (κ1) is 13.0. The standard InChI is InChI=1S/C20H16NO/c1-14-7-9-18-17(11-14)13-21-12-16(8-10-19(18)21)20(22)15-5-3-2-4-6-15/h2-12H,13H2,1H3/q+1. The van der Waals surface area contributed by atoms with Gasteiger partial charge in [0.2, 0.25) is 5.69 Å². The molecular weight excluding hydrogens is 270 g/mol. The van der Waals surface area contributed by atoms with Crippen molar-refractivity contribution in [1.82, 2.24) is 0 Å². The molecule has 0 spiro atoms. The average Bonchev–Trinajstić information content (AvgIpc) is 2.91. The molecule has 2 heterocycles. The fraction of sp³-hybridized carbons (Fsp3) is 0.100. The summed E-state index contributed by atoms with van der Waals surface area (Å²) >= 11 is 0. The lowest BCUT2D eigenvalue weighted by Crippen LogP contribution is -2.33. The highest BCUT2D eigenvalue weighted by atomic mass is 16.1. The molecule has 1 aromatic heterocycles. The van der Waals surface area contributed by atoms with Gasteiger partial charge in [-0.1, -0.05) is 42.0 Å². The molecule has 2 aromatic carbocycles. The molecule has 3 aromatic rings. The second-order valence-corrected chi connectivity index (χ2v) is 5.79. The molecule has 106 valence electrons. The molecule has 0 radical (unpaired) electrons. The second kappa shape index (κ2) is 4.92. The Morgan fingerprint density at radius 3 is 2.59 bits per heavy atom. The van der Waals surface area contributed by atoms with Crippen molar-refractivity contribution in [2.75, 3.05) is 0 Å². The van der Waals surface area contributed by atoms with E-state index in [1.807, 2.05) is 42.6 Å². The van der Waals surface area contributed by atoms with E-state index in [1.54, 1.807) is 0 Å². The largest absolute Gasteiger partial charge is 0.288 e. The Hall–Kier alpha value is -2.74. The van der Waals surface area contributed by atoms with Crippen LogP contribution in [-0.4, -0.2) is 5.78 Å². The van der Waals surface area contributed by atoms with Crippen LogP contribution in [0.3, 0.4) is 0 Å². The maximum Gasteiger partial charge on any atom is 0.213 e. The van der Waals surface area contributed by atoms with Gasteiger partial charge in [0.25, 0.3) is 0 Å². The summed E-state index contributed by atoms with van der Waals surface area (Å²) in [7, 11) is 0. The lowest BCUT2D eigenvalue weighted by molar-refractivity contribution is -0.672. The van der Waals surface area contributed by atoms with Gasteiger partial charge in [0.15, 0.2) is 18.5 Å². The van der Waals surface area contributed by atoms with Crippen LogP contribution in [-0.2, 0) is 6.54 Å². The van der Waals surface area contributed by atoms with Crippen LogP contribution in [0.1, 0.15) is 27.0 Å². The van der Waals surface area contributed by atoms with Crippen molar-refractivity contribution in [1.29, 1.82) is 0 Å². The van der Waals surface area contributed by atoms with Gasteiger partial charge >= 0.3 is 0 Å². The predicted octanol–water partition coefficient (Wildman–Crippen LogP) is 3.54. The Labute approximate surface area is 129 Å². The maximum absolute atomic E-state index is 12.6. The van der Waals surface area contributed by atoms with E-state index in [1.165, 1.54) is 22.4 Å². The molecule has 2 heteroatoms. The van der Waals surface area contributed by atoms with Gasteiger partial charge in [0, 0.05) is 17.2 Å². The third kappa shape index (κ3) is 2.04. The van der Waals surface area contributed by atoms with Gasteiger partial charge < -0.3 is 0 Å². The molecule has 1 aliphatic heterocycles. The zero-order valence-corrected chi connectivity index (χ0v) is 12.4. The van der Waals surface area contributed by atoms with Crippen molar-refractivity contribution < 1.29 is 9.36 Å². The first-order valence-corrected chi connectivity index (χ1v) is 7.45. The molecule has 0 aliphatic carbocycles. The highest BCUT2D eigenvalue weighted by molar-refractivity contribution is 6.08. The van der Waals surface area contributed by atoms with Crippen molar-refractivity contribution in [2.24, 2.45) is 0 Å². The van der Waals surface area contributed by atoms with Gasteiger partial charge in [-0.15, -0.1) is 0 Å². The molecule has 1 aliphatic rings. The highest BCUT2D eigenvalue weighted by Gasteiger charge is 2.27. The number of carbonyl (C=O) groups is 1. The Kier molecular flexibility index (Phi) is 2.90. The molecule has 0 saturated carbocycles. The van der Waals surface area contributed by atoms with Crippen LogP contribution >= 0.6 is 0 Å². The molecule has 0 unspecified atom stereocenters. The maximum atomic E-state index is 12.6. The number of ketones is 1. The SMILES string of the molecule is Cc1ccc2c(c1)C[n+]1cc(C(=O)c3ccccc3)ccc1-2. The van der Waals surface area contributed by atoms with Crippen LogP contribution < -0.4 is 4.57 Å². The molecule has 2 nitrogen and oxygen atoms in total. The van der Waals surface area contributed by atoms with Crippen LogP contribution in [0, 0.1) is 6.92 Å². The van der Waals surface area contributed by atoms with E-state index in [0.717, 1.165) is 17.7 Å². The number of benzene rings is 2. The number of aromatic nitrogens is 1. The summed E-state index contributed by atoms with van der Waals surface area (Å²) in [5.41, 5.74) is 6.51. The van der Waals surface area contributed by atoms with Crippen molar-refractivity contribution in [3.63, 3.8) is 0 Å². The molecular formula is C20H16NO+. The van der Waals surface area contributed by atoms with E-state index in [-0.39, 0.29) is 5.78 Å². The first-order chi connectivity index (χ1) is 10.7. The number of fused-ring (bicyclic) bond motifs is 3. The fourth-order valence-corrected chi connectivity index (χ4v) is 3.10. The van der Waals surface area contributed by atoms with Gasteiger partial charge in [-0.3, -0.25) is 4.79 Å². The number of nitrogens with zero attached hydrogens (tertiary/aromatic N) is 1. The summed E-state index contributed by atoms with van der Waals surface area (Å²) in [6.07, 6.45) is 1.97. The number of hydrogen-bond acceptors (Lipinski definition) is 1. The van der Waals surface area contributed by atoms with Crippen molar-refractivity contribution in [3.05, 3.63) is 89.1 Å². The lowest BCUT2D eigenvalue weighted by Gasteiger charge is -2.00. The number of hydrogen-bond donors (Lipinski definition) is 0. The second-order valence-electron chi connectivity index (χ2n) is 5.79. The third-order valence-corrected chi connectivity index (χ3v) is 4.20. The summed E-state index contributed by atoms with van der Waals surface area (Å²) in [4.78, 5) is 12.6. The van der Waals surface area contributed by atoms with Crippen LogP contribution in [0.25, 0.3) is 11.3 Å². The number of rotatable bonds is 2. The van der Waals surface area contributed by atoms with Crippen LogP contribution in [0.2, 0.25) is 0 Å². The number of carbonyl (C=O) groups excluding carboxylic acids is 1. The summed E-state index contributed by atoms with van der Waals surface area (Å²) < 4.78 is 2.17. The summed E-state index contributed by atoms with van der Waals surface area (Å²) in [6.45, 7) is 2.94. The molecule has 0 fully saturated rings. The van der Waals surface area contributed by atoms with E-state index in [2.05, 4.69) is 35.8 Å². The highest BCUT2D eigenvalue weighted by Crippen LogP contribution is 2.27. The molecule has 0 N–H and O–H groups in total. The number of pyridine rings is 1. The van der Waals surface area contributed by atoms with Crippen LogP contribution in [0.4, 0.5) is 0 Å². The van der Waals surface area contributed by atoms with E-state index in [9.17, 15) is 4.79 Å². The fourth-order valence-electron chi connectivity index (χ4n) is 3.10. The molecule has 4 rings (SSSR count). The molecule has 0 saturated heterocycles. The minimum atomic E-state index is 0.0723. The molecule has 0 amide bonds.